The lowest BCUT2D eigenvalue weighted by Gasteiger charge is -2.37. The van der Waals surface area contributed by atoms with Crippen molar-refractivity contribution < 1.29 is 19.4 Å². The molecule has 3 aromatic carbocycles. The van der Waals surface area contributed by atoms with Gasteiger partial charge in [0.25, 0.3) is 0 Å². The van der Waals surface area contributed by atoms with Gasteiger partial charge in [0.05, 0.1) is 19.3 Å². The van der Waals surface area contributed by atoms with Crippen LogP contribution in [-0.4, -0.2) is 41.6 Å². The number of amides is 1. The maximum Gasteiger partial charge on any atom is 0.407 e. The van der Waals surface area contributed by atoms with E-state index in [1.54, 1.807) is 0 Å². The molecular formula is C25H25NO4. The molecule has 4 rings (SSSR count). The van der Waals surface area contributed by atoms with Crippen molar-refractivity contribution in [2.45, 2.75) is 31.5 Å². The monoisotopic (exact) mass is 403 g/mol. The average Bonchev–Trinajstić information content (AvgIpc) is 2.78. The van der Waals surface area contributed by atoms with Gasteiger partial charge in [0.15, 0.2) is 0 Å². The Bertz CT molecular complexity index is 1030. The number of rotatable bonds is 6. The number of carbonyl (C=O) groups is 2. The number of ether oxygens (including phenoxy) is 1. The van der Waals surface area contributed by atoms with Crippen LogP contribution in [0.4, 0.5) is 4.79 Å². The summed E-state index contributed by atoms with van der Waals surface area (Å²) in [7, 11) is 0. The predicted octanol–water partition coefficient (Wildman–Crippen LogP) is 4.63. The molecule has 30 heavy (non-hydrogen) atoms. The Kier molecular flexibility index (Phi) is 6.10. The lowest BCUT2D eigenvalue weighted by Crippen LogP contribution is -2.46. The Balaban J connectivity index is 1.51. The van der Waals surface area contributed by atoms with Gasteiger partial charge in [0.2, 0.25) is 0 Å². The molecule has 3 aromatic rings. The van der Waals surface area contributed by atoms with E-state index in [1.165, 1.54) is 10.3 Å². The molecule has 5 nitrogen and oxygen atoms in total. The number of piperidine rings is 1. The standard InChI is InChI=1S/C25H25NO4/c27-14-12-18-5-9-21(10-6-18)23-11-13-26(25(28)29)16-24(23)30-17-19-7-8-20-3-1-2-4-22(20)15-19/h1-10,14-15,23-24H,11-13,16-17H2,(H,28,29). The van der Waals surface area contributed by atoms with E-state index < -0.39 is 6.09 Å². The number of benzene rings is 3. The maximum atomic E-state index is 11.5. The summed E-state index contributed by atoms with van der Waals surface area (Å²) in [6.45, 7) is 1.28. The third kappa shape index (κ3) is 4.52. The molecule has 1 amide bonds. The highest BCUT2D eigenvalue weighted by atomic mass is 16.5. The highest BCUT2D eigenvalue weighted by Crippen LogP contribution is 2.31. The Labute approximate surface area is 175 Å². The molecular weight excluding hydrogens is 378 g/mol. The van der Waals surface area contributed by atoms with Crippen molar-refractivity contribution >= 4 is 23.2 Å². The van der Waals surface area contributed by atoms with Crippen molar-refractivity contribution in [2.75, 3.05) is 13.1 Å². The van der Waals surface area contributed by atoms with Crippen LogP contribution in [0.1, 0.15) is 29.0 Å². The van der Waals surface area contributed by atoms with E-state index in [4.69, 9.17) is 4.74 Å². The van der Waals surface area contributed by atoms with Crippen molar-refractivity contribution in [1.82, 2.24) is 4.90 Å². The van der Waals surface area contributed by atoms with Gasteiger partial charge in [-0.05, 0) is 39.9 Å². The molecule has 1 saturated heterocycles. The molecule has 2 atom stereocenters. The first-order chi connectivity index (χ1) is 14.6. The molecule has 0 spiro atoms. The second-order valence-corrected chi connectivity index (χ2v) is 7.77. The van der Waals surface area contributed by atoms with Gasteiger partial charge in [-0.15, -0.1) is 0 Å². The summed E-state index contributed by atoms with van der Waals surface area (Å²) in [5.74, 6) is 0.117. The number of aldehydes is 1. The number of carboxylic acid groups (broad SMARTS) is 1. The van der Waals surface area contributed by atoms with Gasteiger partial charge >= 0.3 is 6.09 Å². The number of fused-ring (bicyclic) bond motifs is 1. The van der Waals surface area contributed by atoms with Crippen LogP contribution in [-0.2, 0) is 22.6 Å². The molecule has 2 unspecified atom stereocenters. The number of hydrogen-bond donors (Lipinski definition) is 1. The highest BCUT2D eigenvalue weighted by Gasteiger charge is 2.33. The fraction of sp³-hybridized carbons (Fsp3) is 0.280. The molecule has 0 bridgehead atoms. The largest absolute Gasteiger partial charge is 0.465 e. The Morgan fingerprint density at radius 3 is 2.50 bits per heavy atom. The van der Waals surface area contributed by atoms with Crippen molar-refractivity contribution in [3.63, 3.8) is 0 Å². The molecule has 1 aliphatic heterocycles. The summed E-state index contributed by atoms with van der Waals surface area (Å²) in [5.41, 5.74) is 3.17. The van der Waals surface area contributed by atoms with Crippen LogP contribution >= 0.6 is 0 Å². The van der Waals surface area contributed by atoms with E-state index in [9.17, 15) is 14.7 Å². The minimum Gasteiger partial charge on any atom is -0.465 e. The summed E-state index contributed by atoms with van der Waals surface area (Å²) in [4.78, 5) is 23.7. The molecule has 1 heterocycles. The zero-order valence-electron chi connectivity index (χ0n) is 16.7. The second kappa shape index (κ2) is 9.09. The normalized spacial score (nSPS) is 19.0. The van der Waals surface area contributed by atoms with Gasteiger partial charge in [-0.2, -0.15) is 0 Å². The van der Waals surface area contributed by atoms with Crippen molar-refractivity contribution in [3.05, 3.63) is 83.4 Å². The maximum absolute atomic E-state index is 11.5. The van der Waals surface area contributed by atoms with Gasteiger partial charge < -0.3 is 19.5 Å². The Morgan fingerprint density at radius 1 is 1.03 bits per heavy atom. The summed E-state index contributed by atoms with van der Waals surface area (Å²) in [5, 5.41) is 11.8. The molecule has 1 fully saturated rings. The van der Waals surface area contributed by atoms with Gasteiger partial charge in [-0.25, -0.2) is 4.79 Å². The highest BCUT2D eigenvalue weighted by molar-refractivity contribution is 5.82. The SMILES string of the molecule is O=CCc1ccc(C2CCN(C(=O)O)CC2OCc2ccc3ccccc3c2)cc1. The molecule has 5 heteroatoms. The van der Waals surface area contributed by atoms with Crippen molar-refractivity contribution in [3.8, 4) is 0 Å². The van der Waals surface area contributed by atoms with E-state index in [-0.39, 0.29) is 12.0 Å². The van der Waals surface area contributed by atoms with Gasteiger partial charge in [-0.1, -0.05) is 60.7 Å². The minimum atomic E-state index is -0.908. The number of carbonyl (C=O) groups excluding carboxylic acids is 1. The topological polar surface area (TPSA) is 66.8 Å². The fourth-order valence-corrected chi connectivity index (χ4v) is 4.17. The van der Waals surface area contributed by atoms with Crippen LogP contribution in [0.25, 0.3) is 10.8 Å². The second-order valence-electron chi connectivity index (χ2n) is 7.77. The third-order valence-corrected chi connectivity index (χ3v) is 5.83. The fourth-order valence-electron chi connectivity index (χ4n) is 4.17. The van der Waals surface area contributed by atoms with E-state index in [0.717, 1.165) is 28.4 Å². The average molecular weight is 403 g/mol. The van der Waals surface area contributed by atoms with Crippen LogP contribution in [0.3, 0.4) is 0 Å². The van der Waals surface area contributed by atoms with Crippen LogP contribution in [0.2, 0.25) is 0 Å². The summed E-state index contributed by atoms with van der Waals surface area (Å²) in [6, 6.07) is 22.5. The third-order valence-electron chi connectivity index (χ3n) is 5.83. The van der Waals surface area contributed by atoms with E-state index in [0.29, 0.717) is 32.5 Å². The summed E-state index contributed by atoms with van der Waals surface area (Å²) in [6.07, 6.45) is 0.879. The van der Waals surface area contributed by atoms with Crippen LogP contribution < -0.4 is 0 Å². The quantitative estimate of drug-likeness (QED) is 0.609. The number of likely N-dealkylation sites (tertiary alicyclic amines) is 1. The summed E-state index contributed by atoms with van der Waals surface area (Å²) < 4.78 is 6.28. The first kappa shape index (κ1) is 20.1. The molecule has 154 valence electrons. The van der Waals surface area contributed by atoms with E-state index in [2.05, 4.69) is 30.3 Å². The first-order valence-electron chi connectivity index (χ1n) is 10.2. The Hall–Kier alpha value is -3.18. The Morgan fingerprint density at radius 2 is 1.77 bits per heavy atom. The van der Waals surface area contributed by atoms with Gasteiger partial charge in [0, 0.05) is 18.9 Å². The lowest BCUT2D eigenvalue weighted by atomic mass is 9.86. The lowest BCUT2D eigenvalue weighted by molar-refractivity contribution is -0.107. The van der Waals surface area contributed by atoms with Crippen LogP contribution in [0.5, 0.6) is 0 Å². The molecule has 0 saturated carbocycles. The van der Waals surface area contributed by atoms with Crippen LogP contribution in [0, 0.1) is 0 Å². The zero-order chi connectivity index (χ0) is 20.9. The first-order valence-corrected chi connectivity index (χ1v) is 10.2. The number of hydrogen-bond acceptors (Lipinski definition) is 3. The van der Waals surface area contributed by atoms with Gasteiger partial charge in [-0.3, -0.25) is 0 Å². The zero-order valence-corrected chi connectivity index (χ0v) is 16.7. The minimum absolute atomic E-state index is 0.117. The van der Waals surface area contributed by atoms with E-state index >= 15 is 0 Å². The van der Waals surface area contributed by atoms with Crippen molar-refractivity contribution in [2.24, 2.45) is 0 Å². The molecule has 1 N–H and O–H groups in total. The smallest absolute Gasteiger partial charge is 0.407 e. The van der Waals surface area contributed by atoms with Gasteiger partial charge in [0.1, 0.15) is 6.29 Å². The summed E-state index contributed by atoms with van der Waals surface area (Å²) >= 11 is 0. The molecule has 0 aromatic heterocycles. The molecule has 1 aliphatic rings. The molecule has 0 radical (unpaired) electrons. The van der Waals surface area contributed by atoms with E-state index in [1.807, 2.05) is 36.4 Å². The van der Waals surface area contributed by atoms with Crippen molar-refractivity contribution in [1.29, 1.82) is 0 Å². The molecule has 0 aliphatic carbocycles. The number of nitrogens with zero attached hydrogens (tertiary/aromatic N) is 1. The predicted molar refractivity (Wildman–Crippen MR) is 116 cm³/mol. The van der Waals surface area contributed by atoms with Crippen LogP contribution in [0.15, 0.2) is 66.7 Å².